The van der Waals surface area contributed by atoms with Crippen LogP contribution in [0.3, 0.4) is 0 Å². The highest BCUT2D eigenvalue weighted by atomic mass is 16.7. The maximum atomic E-state index is 11.2. The number of ether oxygens (including phenoxy) is 2. The summed E-state index contributed by atoms with van der Waals surface area (Å²) in [6.45, 7) is 0.712. The number of hydrogen-bond acceptors (Lipinski definition) is 3. The normalized spacial score (nSPS) is 20.4. The molecule has 0 spiro atoms. The smallest absolute Gasteiger partial charge is 0.252 e. The molecule has 4 heteroatoms. The van der Waals surface area contributed by atoms with E-state index in [1.807, 2.05) is 6.07 Å². The lowest BCUT2D eigenvalue weighted by Gasteiger charge is -2.24. The van der Waals surface area contributed by atoms with E-state index in [1.54, 1.807) is 18.2 Å². The Morgan fingerprint density at radius 3 is 2.88 bits per heavy atom. The van der Waals surface area contributed by atoms with Gasteiger partial charge < -0.3 is 15.2 Å². The monoisotopic (exact) mass is 221 g/mol. The number of hydrogen-bond donors (Lipinski definition) is 1. The van der Waals surface area contributed by atoms with Gasteiger partial charge in [-0.05, 0) is 25.0 Å². The largest absolute Gasteiger partial charge is 0.464 e. The standard InChI is InChI=1S/C12H15NO3/c13-12(14)9-5-1-2-6-10(9)16-11-7-3-4-8-15-11/h1-2,5-6,11H,3-4,7-8H2,(H2,13,14). The van der Waals surface area contributed by atoms with E-state index in [1.165, 1.54) is 0 Å². The van der Waals surface area contributed by atoms with Gasteiger partial charge in [0.2, 0.25) is 0 Å². The van der Waals surface area contributed by atoms with Crippen molar-refractivity contribution in [1.82, 2.24) is 0 Å². The summed E-state index contributed by atoms with van der Waals surface area (Å²) in [5.41, 5.74) is 5.66. The summed E-state index contributed by atoms with van der Waals surface area (Å²) in [5, 5.41) is 0. The van der Waals surface area contributed by atoms with Crippen molar-refractivity contribution in [3.8, 4) is 5.75 Å². The van der Waals surface area contributed by atoms with E-state index < -0.39 is 5.91 Å². The number of rotatable bonds is 3. The molecule has 0 aromatic heterocycles. The summed E-state index contributed by atoms with van der Waals surface area (Å²) in [5.74, 6) is 0.0216. The molecule has 1 saturated heterocycles. The molecule has 1 atom stereocenters. The molecule has 1 heterocycles. The van der Waals surface area contributed by atoms with Gasteiger partial charge in [-0.25, -0.2) is 0 Å². The van der Waals surface area contributed by atoms with E-state index in [4.69, 9.17) is 15.2 Å². The van der Waals surface area contributed by atoms with E-state index in [0.717, 1.165) is 19.3 Å². The Morgan fingerprint density at radius 2 is 2.19 bits per heavy atom. The van der Waals surface area contributed by atoms with Gasteiger partial charge in [0.1, 0.15) is 5.75 Å². The Balaban J connectivity index is 2.10. The fourth-order valence-electron chi connectivity index (χ4n) is 1.72. The topological polar surface area (TPSA) is 61.6 Å². The zero-order valence-corrected chi connectivity index (χ0v) is 9.02. The lowest BCUT2D eigenvalue weighted by atomic mass is 10.2. The van der Waals surface area contributed by atoms with E-state index in [9.17, 15) is 4.79 Å². The summed E-state index contributed by atoms with van der Waals surface area (Å²) in [6.07, 6.45) is 2.75. The first-order chi connectivity index (χ1) is 7.77. The minimum Gasteiger partial charge on any atom is -0.464 e. The van der Waals surface area contributed by atoms with Crippen LogP contribution in [0.2, 0.25) is 0 Å². The molecule has 0 radical (unpaired) electrons. The Bertz CT molecular complexity index is 372. The molecule has 1 amide bonds. The molecule has 16 heavy (non-hydrogen) atoms. The second-order valence-corrected chi connectivity index (χ2v) is 3.77. The molecule has 0 saturated carbocycles. The molecule has 1 aromatic rings. The van der Waals surface area contributed by atoms with Crippen LogP contribution in [-0.2, 0) is 4.74 Å². The number of amides is 1. The number of carbonyl (C=O) groups excluding carboxylic acids is 1. The van der Waals surface area contributed by atoms with Crippen molar-refractivity contribution in [1.29, 1.82) is 0 Å². The Morgan fingerprint density at radius 1 is 1.38 bits per heavy atom. The molecule has 1 fully saturated rings. The van der Waals surface area contributed by atoms with Gasteiger partial charge in [-0.3, -0.25) is 4.79 Å². The maximum Gasteiger partial charge on any atom is 0.252 e. The summed E-state index contributed by atoms with van der Waals surface area (Å²) >= 11 is 0. The van der Waals surface area contributed by atoms with Crippen molar-refractivity contribution in [3.05, 3.63) is 29.8 Å². The average molecular weight is 221 g/mol. The molecule has 0 bridgehead atoms. The molecule has 1 aliphatic rings. The highest BCUT2D eigenvalue weighted by molar-refractivity contribution is 5.95. The molecule has 1 aliphatic heterocycles. The third-order valence-corrected chi connectivity index (χ3v) is 2.55. The van der Waals surface area contributed by atoms with Gasteiger partial charge >= 0.3 is 0 Å². The van der Waals surface area contributed by atoms with Crippen LogP contribution >= 0.6 is 0 Å². The van der Waals surface area contributed by atoms with Gasteiger partial charge in [-0.2, -0.15) is 0 Å². The lowest BCUT2D eigenvalue weighted by Crippen LogP contribution is -2.26. The van der Waals surface area contributed by atoms with Crippen LogP contribution in [0, 0.1) is 0 Å². The molecule has 1 aromatic carbocycles. The van der Waals surface area contributed by atoms with Crippen molar-refractivity contribution >= 4 is 5.91 Å². The van der Waals surface area contributed by atoms with Crippen LogP contribution in [0.25, 0.3) is 0 Å². The highest BCUT2D eigenvalue weighted by Crippen LogP contribution is 2.22. The number of benzene rings is 1. The number of nitrogens with two attached hydrogens (primary N) is 1. The summed E-state index contributed by atoms with van der Waals surface area (Å²) in [6, 6.07) is 6.96. The van der Waals surface area contributed by atoms with Gasteiger partial charge in [0.15, 0.2) is 6.29 Å². The van der Waals surface area contributed by atoms with Gasteiger partial charge in [0, 0.05) is 6.42 Å². The van der Waals surface area contributed by atoms with E-state index in [0.29, 0.717) is 17.9 Å². The van der Waals surface area contributed by atoms with Crippen LogP contribution in [0.4, 0.5) is 0 Å². The Hall–Kier alpha value is -1.55. The average Bonchev–Trinajstić information content (AvgIpc) is 2.31. The van der Waals surface area contributed by atoms with Crippen LogP contribution in [0.15, 0.2) is 24.3 Å². The highest BCUT2D eigenvalue weighted by Gasteiger charge is 2.17. The third kappa shape index (κ3) is 2.52. The SMILES string of the molecule is NC(=O)c1ccccc1OC1CCCCO1. The van der Waals surface area contributed by atoms with Crippen molar-refractivity contribution in [2.75, 3.05) is 6.61 Å². The van der Waals surface area contributed by atoms with Crippen LogP contribution in [0.1, 0.15) is 29.6 Å². The molecule has 2 N–H and O–H groups in total. The molecule has 2 rings (SSSR count). The van der Waals surface area contributed by atoms with E-state index in [-0.39, 0.29) is 6.29 Å². The predicted molar refractivity (Wildman–Crippen MR) is 59.2 cm³/mol. The Labute approximate surface area is 94.3 Å². The molecule has 86 valence electrons. The molecule has 4 nitrogen and oxygen atoms in total. The summed E-state index contributed by atoms with van der Waals surface area (Å²) in [7, 11) is 0. The lowest BCUT2D eigenvalue weighted by molar-refractivity contribution is -0.106. The summed E-state index contributed by atoms with van der Waals surface area (Å²) < 4.78 is 11.1. The quantitative estimate of drug-likeness (QED) is 0.844. The zero-order chi connectivity index (χ0) is 11.4. The maximum absolute atomic E-state index is 11.2. The van der Waals surface area contributed by atoms with Crippen LogP contribution < -0.4 is 10.5 Å². The second-order valence-electron chi connectivity index (χ2n) is 3.77. The van der Waals surface area contributed by atoms with E-state index in [2.05, 4.69) is 0 Å². The minimum absolute atomic E-state index is 0.255. The summed E-state index contributed by atoms with van der Waals surface area (Å²) in [4.78, 5) is 11.2. The fourth-order valence-corrected chi connectivity index (χ4v) is 1.72. The zero-order valence-electron chi connectivity index (χ0n) is 9.02. The third-order valence-electron chi connectivity index (χ3n) is 2.55. The predicted octanol–water partition coefficient (Wildman–Crippen LogP) is 1.69. The molecular formula is C12H15NO3. The van der Waals surface area contributed by atoms with Gasteiger partial charge in [0.25, 0.3) is 5.91 Å². The van der Waals surface area contributed by atoms with Crippen molar-refractivity contribution in [3.63, 3.8) is 0 Å². The minimum atomic E-state index is -0.480. The van der Waals surface area contributed by atoms with E-state index >= 15 is 0 Å². The first kappa shape index (κ1) is 11.0. The molecule has 1 unspecified atom stereocenters. The van der Waals surface area contributed by atoms with Gasteiger partial charge in [-0.1, -0.05) is 12.1 Å². The second kappa shape index (κ2) is 4.99. The molecule has 0 aliphatic carbocycles. The number of para-hydroxylation sites is 1. The number of primary amides is 1. The number of carbonyl (C=O) groups is 1. The van der Waals surface area contributed by atoms with Crippen molar-refractivity contribution in [2.45, 2.75) is 25.6 Å². The van der Waals surface area contributed by atoms with Crippen LogP contribution in [-0.4, -0.2) is 18.8 Å². The van der Waals surface area contributed by atoms with Gasteiger partial charge in [-0.15, -0.1) is 0 Å². The van der Waals surface area contributed by atoms with Crippen LogP contribution in [0.5, 0.6) is 5.75 Å². The first-order valence-corrected chi connectivity index (χ1v) is 5.44. The fraction of sp³-hybridized carbons (Fsp3) is 0.417. The van der Waals surface area contributed by atoms with Gasteiger partial charge in [0.05, 0.1) is 12.2 Å². The Kier molecular flexibility index (Phi) is 3.41. The first-order valence-electron chi connectivity index (χ1n) is 5.44. The van der Waals surface area contributed by atoms with Crippen molar-refractivity contribution in [2.24, 2.45) is 5.73 Å². The van der Waals surface area contributed by atoms with Crippen molar-refractivity contribution < 1.29 is 14.3 Å². The molecular weight excluding hydrogens is 206 g/mol.